The van der Waals surface area contributed by atoms with Crippen LogP contribution in [-0.2, 0) is 4.79 Å². The number of hydrogen-bond acceptors (Lipinski definition) is 4. The molecule has 1 aromatic rings. The Labute approximate surface area is 129 Å². The highest BCUT2D eigenvalue weighted by Gasteiger charge is 2.38. The molecule has 1 aliphatic rings. The Morgan fingerprint density at radius 2 is 2.05 bits per heavy atom. The zero-order valence-corrected chi connectivity index (χ0v) is 13.6. The summed E-state index contributed by atoms with van der Waals surface area (Å²) in [6.07, 6.45) is 1.85. The lowest BCUT2D eigenvalue weighted by Crippen LogP contribution is -2.44. The van der Waals surface area contributed by atoms with Crippen LogP contribution in [0.1, 0.15) is 26.3 Å². The van der Waals surface area contributed by atoms with Crippen LogP contribution in [0.5, 0.6) is 5.75 Å². The van der Waals surface area contributed by atoms with E-state index in [2.05, 4.69) is 0 Å². The molecule has 0 saturated carbocycles. The van der Waals surface area contributed by atoms with Gasteiger partial charge in [0.1, 0.15) is 10.1 Å². The van der Waals surface area contributed by atoms with Gasteiger partial charge in [-0.1, -0.05) is 36.1 Å². The van der Waals surface area contributed by atoms with E-state index in [1.165, 1.54) is 11.8 Å². The van der Waals surface area contributed by atoms with Crippen molar-refractivity contribution in [2.75, 3.05) is 7.11 Å². The highest BCUT2D eigenvalue weighted by molar-refractivity contribution is 8.26. The standard InChI is InChI=1S/C15H17NO2S2/c1-15(2,3)16-13(17)12(20-14(16)19)9-10-6-5-7-11(8-10)18-4/h5-9H,1-4H3/b12-9-. The molecule has 20 heavy (non-hydrogen) atoms. The van der Waals surface area contributed by atoms with E-state index < -0.39 is 0 Å². The molecule has 1 amide bonds. The van der Waals surface area contributed by atoms with E-state index in [1.807, 2.05) is 51.1 Å². The van der Waals surface area contributed by atoms with E-state index in [9.17, 15) is 4.79 Å². The van der Waals surface area contributed by atoms with Crippen LogP contribution in [0.2, 0.25) is 0 Å². The number of thioether (sulfide) groups is 1. The summed E-state index contributed by atoms with van der Waals surface area (Å²) in [4.78, 5) is 14.8. The van der Waals surface area contributed by atoms with Gasteiger partial charge < -0.3 is 4.74 Å². The number of carbonyl (C=O) groups is 1. The van der Waals surface area contributed by atoms with Crippen molar-refractivity contribution in [1.82, 2.24) is 4.90 Å². The van der Waals surface area contributed by atoms with Crippen LogP contribution in [0.3, 0.4) is 0 Å². The maximum atomic E-state index is 12.4. The summed E-state index contributed by atoms with van der Waals surface area (Å²) in [5.74, 6) is 0.736. The predicted molar refractivity (Wildman–Crippen MR) is 87.8 cm³/mol. The van der Waals surface area contributed by atoms with Gasteiger partial charge >= 0.3 is 0 Å². The van der Waals surface area contributed by atoms with Gasteiger partial charge in [0.05, 0.1) is 12.0 Å². The third-order valence-electron chi connectivity index (χ3n) is 2.86. The van der Waals surface area contributed by atoms with Crippen molar-refractivity contribution in [2.24, 2.45) is 0 Å². The summed E-state index contributed by atoms with van der Waals surface area (Å²) >= 11 is 6.66. The quantitative estimate of drug-likeness (QED) is 0.615. The fourth-order valence-corrected chi connectivity index (χ4v) is 3.56. The van der Waals surface area contributed by atoms with Gasteiger partial charge in [-0.2, -0.15) is 0 Å². The first kappa shape index (κ1) is 15.1. The Bertz CT molecular complexity index is 588. The number of amides is 1. The monoisotopic (exact) mass is 307 g/mol. The largest absolute Gasteiger partial charge is 0.497 e. The number of thiocarbonyl (C=S) groups is 1. The number of hydrogen-bond donors (Lipinski definition) is 0. The van der Waals surface area contributed by atoms with Crippen LogP contribution in [0.4, 0.5) is 0 Å². The zero-order chi connectivity index (χ0) is 14.9. The molecule has 1 fully saturated rings. The molecule has 1 aromatic carbocycles. The zero-order valence-electron chi connectivity index (χ0n) is 12.0. The van der Waals surface area contributed by atoms with Crippen molar-refractivity contribution >= 4 is 40.3 Å². The van der Waals surface area contributed by atoms with Crippen LogP contribution in [0.25, 0.3) is 6.08 Å². The Morgan fingerprint density at radius 1 is 1.35 bits per heavy atom. The highest BCUT2D eigenvalue weighted by Crippen LogP contribution is 2.37. The maximum Gasteiger partial charge on any atom is 0.266 e. The predicted octanol–water partition coefficient (Wildman–Crippen LogP) is 3.69. The van der Waals surface area contributed by atoms with Crippen LogP contribution in [0, 0.1) is 0 Å². The fourth-order valence-electron chi connectivity index (χ4n) is 1.93. The van der Waals surface area contributed by atoms with Crippen molar-refractivity contribution < 1.29 is 9.53 Å². The van der Waals surface area contributed by atoms with Gasteiger partial charge in [0.15, 0.2) is 0 Å². The van der Waals surface area contributed by atoms with E-state index in [-0.39, 0.29) is 11.4 Å². The van der Waals surface area contributed by atoms with E-state index in [0.29, 0.717) is 9.23 Å². The third-order valence-corrected chi connectivity index (χ3v) is 4.16. The van der Waals surface area contributed by atoms with Crippen molar-refractivity contribution in [1.29, 1.82) is 0 Å². The Kier molecular flexibility index (Phi) is 4.20. The van der Waals surface area contributed by atoms with E-state index in [1.54, 1.807) is 12.0 Å². The molecule has 0 bridgehead atoms. The summed E-state index contributed by atoms with van der Waals surface area (Å²) in [7, 11) is 1.62. The van der Waals surface area contributed by atoms with Gasteiger partial charge in [-0.3, -0.25) is 9.69 Å². The topological polar surface area (TPSA) is 29.5 Å². The number of ether oxygens (including phenoxy) is 1. The van der Waals surface area contributed by atoms with Gasteiger partial charge in [-0.15, -0.1) is 0 Å². The van der Waals surface area contributed by atoms with E-state index >= 15 is 0 Å². The maximum absolute atomic E-state index is 12.4. The van der Waals surface area contributed by atoms with Gasteiger partial charge in [-0.05, 0) is 44.5 Å². The molecule has 3 nitrogen and oxygen atoms in total. The molecule has 106 valence electrons. The molecule has 5 heteroatoms. The average molecular weight is 307 g/mol. The summed E-state index contributed by atoms with van der Waals surface area (Å²) in [6.45, 7) is 5.94. The van der Waals surface area contributed by atoms with Gasteiger partial charge in [0.25, 0.3) is 5.91 Å². The molecule has 0 radical (unpaired) electrons. The summed E-state index contributed by atoms with van der Waals surface area (Å²) in [5, 5.41) is 0. The van der Waals surface area contributed by atoms with Crippen molar-refractivity contribution in [3.05, 3.63) is 34.7 Å². The number of carbonyl (C=O) groups excluding carboxylic acids is 1. The molecular weight excluding hydrogens is 290 g/mol. The first-order valence-electron chi connectivity index (χ1n) is 6.25. The van der Waals surface area contributed by atoms with E-state index in [0.717, 1.165) is 11.3 Å². The van der Waals surface area contributed by atoms with Crippen LogP contribution < -0.4 is 4.74 Å². The first-order valence-corrected chi connectivity index (χ1v) is 7.47. The van der Waals surface area contributed by atoms with Gasteiger partial charge in [-0.25, -0.2) is 0 Å². The normalized spacial score (nSPS) is 18.0. The van der Waals surface area contributed by atoms with Gasteiger partial charge in [0, 0.05) is 5.54 Å². The molecule has 0 aromatic heterocycles. The van der Waals surface area contributed by atoms with Crippen LogP contribution in [0.15, 0.2) is 29.2 Å². The molecular formula is C15H17NO2S2. The molecule has 1 aliphatic heterocycles. The molecule has 2 rings (SSSR count). The lowest BCUT2D eigenvalue weighted by Gasteiger charge is -2.30. The second-order valence-corrected chi connectivity index (χ2v) is 7.14. The first-order chi connectivity index (χ1) is 9.32. The van der Waals surface area contributed by atoms with E-state index in [4.69, 9.17) is 17.0 Å². The second-order valence-electron chi connectivity index (χ2n) is 5.46. The Hall–Kier alpha value is -1.33. The summed E-state index contributed by atoms with van der Waals surface area (Å²) in [6, 6.07) is 7.60. The molecule has 0 spiro atoms. The molecule has 0 atom stereocenters. The SMILES string of the molecule is COc1cccc(/C=C2\SC(=S)N(C(C)(C)C)C2=O)c1. The molecule has 1 heterocycles. The second kappa shape index (κ2) is 5.58. The number of methoxy groups -OCH3 is 1. The van der Waals surface area contributed by atoms with Crippen LogP contribution >= 0.6 is 24.0 Å². The van der Waals surface area contributed by atoms with Crippen molar-refractivity contribution in [3.63, 3.8) is 0 Å². The minimum Gasteiger partial charge on any atom is -0.497 e. The fraction of sp³-hybridized carbons (Fsp3) is 0.333. The smallest absolute Gasteiger partial charge is 0.266 e. The Morgan fingerprint density at radius 3 is 2.60 bits per heavy atom. The Balaban J connectivity index is 2.32. The lowest BCUT2D eigenvalue weighted by molar-refractivity contribution is -0.125. The minimum atomic E-state index is -0.300. The summed E-state index contributed by atoms with van der Waals surface area (Å²) < 4.78 is 5.79. The number of nitrogens with zero attached hydrogens (tertiary/aromatic N) is 1. The third kappa shape index (κ3) is 3.04. The highest BCUT2D eigenvalue weighted by atomic mass is 32.2. The number of rotatable bonds is 2. The van der Waals surface area contributed by atoms with Crippen molar-refractivity contribution in [2.45, 2.75) is 26.3 Å². The van der Waals surface area contributed by atoms with Gasteiger partial charge in [0.2, 0.25) is 0 Å². The lowest BCUT2D eigenvalue weighted by atomic mass is 10.1. The molecule has 0 aliphatic carbocycles. The summed E-state index contributed by atoms with van der Waals surface area (Å²) in [5.41, 5.74) is 0.629. The molecule has 0 unspecified atom stereocenters. The number of benzene rings is 1. The average Bonchev–Trinajstić information content (AvgIpc) is 2.64. The minimum absolute atomic E-state index is 0.0321. The van der Waals surface area contributed by atoms with Crippen molar-refractivity contribution in [3.8, 4) is 5.75 Å². The molecule has 1 saturated heterocycles. The molecule has 0 N–H and O–H groups in total. The van der Waals surface area contributed by atoms with Crippen LogP contribution in [-0.4, -0.2) is 27.8 Å².